The van der Waals surface area contributed by atoms with Crippen LogP contribution in [0.25, 0.3) is 0 Å². The van der Waals surface area contributed by atoms with Gasteiger partial charge in [0.1, 0.15) is 0 Å². The molecule has 16 heavy (non-hydrogen) atoms. The SMILES string of the molecule is CCN(C(C)COC)C(C)(CN)CC1CC1. The van der Waals surface area contributed by atoms with Crippen molar-refractivity contribution in [2.75, 3.05) is 26.8 Å². The fraction of sp³-hybridized carbons (Fsp3) is 1.00. The molecule has 0 aromatic rings. The predicted octanol–water partition coefficient (Wildman–Crippen LogP) is 1.86. The lowest BCUT2D eigenvalue weighted by molar-refractivity contribution is 0.0221. The Hall–Kier alpha value is -0.120. The van der Waals surface area contributed by atoms with Crippen molar-refractivity contribution in [1.29, 1.82) is 0 Å². The van der Waals surface area contributed by atoms with E-state index in [2.05, 4.69) is 25.7 Å². The Kier molecular flexibility index (Phi) is 5.22. The van der Waals surface area contributed by atoms with Gasteiger partial charge in [-0.2, -0.15) is 0 Å². The van der Waals surface area contributed by atoms with Crippen LogP contribution in [0.3, 0.4) is 0 Å². The molecule has 0 heterocycles. The van der Waals surface area contributed by atoms with Crippen molar-refractivity contribution >= 4 is 0 Å². The highest BCUT2D eigenvalue weighted by Gasteiger charge is 2.38. The Morgan fingerprint density at radius 2 is 2.12 bits per heavy atom. The average Bonchev–Trinajstić information content (AvgIpc) is 3.03. The summed E-state index contributed by atoms with van der Waals surface area (Å²) in [5.74, 6) is 0.914. The fourth-order valence-corrected chi connectivity index (χ4v) is 2.82. The van der Waals surface area contributed by atoms with Gasteiger partial charge in [-0.05, 0) is 32.7 Å². The average molecular weight is 228 g/mol. The first-order valence-corrected chi connectivity index (χ1v) is 6.53. The van der Waals surface area contributed by atoms with Gasteiger partial charge in [-0.15, -0.1) is 0 Å². The molecule has 2 atom stereocenters. The molecule has 1 fully saturated rings. The zero-order chi connectivity index (χ0) is 12.2. The Labute approximate surface area is 100 Å². The van der Waals surface area contributed by atoms with Crippen LogP contribution in [0.2, 0.25) is 0 Å². The van der Waals surface area contributed by atoms with Crippen LogP contribution < -0.4 is 5.73 Å². The Morgan fingerprint density at radius 3 is 2.50 bits per heavy atom. The molecule has 1 saturated carbocycles. The van der Waals surface area contributed by atoms with Gasteiger partial charge in [0.15, 0.2) is 0 Å². The fourth-order valence-electron chi connectivity index (χ4n) is 2.82. The quantitative estimate of drug-likeness (QED) is 0.689. The summed E-state index contributed by atoms with van der Waals surface area (Å²) in [5.41, 5.74) is 6.16. The van der Waals surface area contributed by atoms with Crippen LogP contribution in [0.4, 0.5) is 0 Å². The zero-order valence-electron chi connectivity index (χ0n) is 11.3. The number of hydrogen-bond donors (Lipinski definition) is 1. The molecule has 96 valence electrons. The first-order valence-electron chi connectivity index (χ1n) is 6.53. The summed E-state index contributed by atoms with van der Waals surface area (Å²) in [6, 6.07) is 0.447. The van der Waals surface area contributed by atoms with Crippen molar-refractivity contribution in [2.45, 2.75) is 51.6 Å². The highest BCUT2D eigenvalue weighted by molar-refractivity contribution is 4.94. The number of nitrogens with zero attached hydrogens (tertiary/aromatic N) is 1. The molecule has 0 amide bonds. The van der Waals surface area contributed by atoms with Crippen LogP contribution in [-0.2, 0) is 4.74 Å². The van der Waals surface area contributed by atoms with E-state index < -0.39 is 0 Å². The van der Waals surface area contributed by atoms with Gasteiger partial charge in [0, 0.05) is 25.2 Å². The molecule has 3 nitrogen and oxygen atoms in total. The summed E-state index contributed by atoms with van der Waals surface area (Å²) >= 11 is 0. The van der Waals surface area contributed by atoms with Crippen molar-refractivity contribution < 1.29 is 4.74 Å². The van der Waals surface area contributed by atoms with Gasteiger partial charge in [-0.1, -0.05) is 19.8 Å². The number of nitrogens with two attached hydrogens (primary N) is 1. The summed E-state index contributed by atoms with van der Waals surface area (Å²) < 4.78 is 5.26. The normalized spacial score (nSPS) is 22.1. The molecule has 0 radical (unpaired) electrons. The Balaban J connectivity index is 2.63. The van der Waals surface area contributed by atoms with Gasteiger partial charge < -0.3 is 10.5 Å². The van der Waals surface area contributed by atoms with Crippen molar-refractivity contribution in [3.63, 3.8) is 0 Å². The van der Waals surface area contributed by atoms with E-state index in [-0.39, 0.29) is 5.54 Å². The predicted molar refractivity (Wildman–Crippen MR) is 68.5 cm³/mol. The minimum absolute atomic E-state index is 0.147. The first-order chi connectivity index (χ1) is 7.57. The highest BCUT2D eigenvalue weighted by Crippen LogP contribution is 2.39. The van der Waals surface area contributed by atoms with Gasteiger partial charge in [-0.3, -0.25) is 4.90 Å². The molecular weight excluding hydrogens is 200 g/mol. The van der Waals surface area contributed by atoms with Gasteiger partial charge >= 0.3 is 0 Å². The largest absolute Gasteiger partial charge is 0.383 e. The topological polar surface area (TPSA) is 38.5 Å². The van der Waals surface area contributed by atoms with Crippen LogP contribution in [0.15, 0.2) is 0 Å². The van der Waals surface area contributed by atoms with E-state index in [9.17, 15) is 0 Å². The maximum Gasteiger partial charge on any atom is 0.0615 e. The van der Waals surface area contributed by atoms with Gasteiger partial charge in [0.2, 0.25) is 0 Å². The summed E-state index contributed by atoms with van der Waals surface area (Å²) in [5, 5.41) is 0. The minimum Gasteiger partial charge on any atom is -0.383 e. The van der Waals surface area contributed by atoms with Crippen molar-refractivity contribution in [1.82, 2.24) is 4.90 Å². The van der Waals surface area contributed by atoms with Crippen molar-refractivity contribution in [3.05, 3.63) is 0 Å². The second kappa shape index (κ2) is 5.99. The standard InChI is InChI=1S/C13H28N2O/c1-5-15(11(2)9-16-4)13(3,10-14)8-12-6-7-12/h11-12H,5-10,14H2,1-4H3. The monoisotopic (exact) mass is 228 g/mol. The van der Waals surface area contributed by atoms with Crippen LogP contribution in [0, 0.1) is 5.92 Å². The lowest BCUT2D eigenvalue weighted by atomic mass is 9.91. The molecule has 3 heteroatoms. The maximum atomic E-state index is 6.01. The molecule has 0 bridgehead atoms. The minimum atomic E-state index is 0.147. The molecule has 2 N–H and O–H groups in total. The lowest BCUT2D eigenvalue weighted by Gasteiger charge is -2.44. The number of hydrogen-bond acceptors (Lipinski definition) is 3. The summed E-state index contributed by atoms with van der Waals surface area (Å²) in [4.78, 5) is 2.51. The van der Waals surface area contributed by atoms with E-state index in [0.717, 1.165) is 25.6 Å². The van der Waals surface area contributed by atoms with Gasteiger partial charge in [0.25, 0.3) is 0 Å². The molecule has 1 aliphatic carbocycles. The molecule has 0 aliphatic heterocycles. The highest BCUT2D eigenvalue weighted by atomic mass is 16.5. The van der Waals surface area contributed by atoms with E-state index >= 15 is 0 Å². The zero-order valence-corrected chi connectivity index (χ0v) is 11.3. The third-order valence-electron chi connectivity index (χ3n) is 3.84. The second-order valence-corrected chi connectivity index (χ2v) is 5.44. The molecule has 0 aromatic carbocycles. The summed E-state index contributed by atoms with van der Waals surface area (Å²) in [6.45, 7) is 9.33. The Bertz CT molecular complexity index is 206. The second-order valence-electron chi connectivity index (χ2n) is 5.44. The molecule has 2 unspecified atom stereocenters. The molecule has 0 aromatic heterocycles. The van der Waals surface area contributed by atoms with Gasteiger partial charge in [-0.25, -0.2) is 0 Å². The van der Waals surface area contributed by atoms with Gasteiger partial charge in [0.05, 0.1) is 6.61 Å². The van der Waals surface area contributed by atoms with Crippen LogP contribution in [0.1, 0.15) is 40.0 Å². The van der Waals surface area contributed by atoms with Crippen LogP contribution in [-0.4, -0.2) is 43.3 Å². The number of methoxy groups -OCH3 is 1. The van der Waals surface area contributed by atoms with E-state index in [0.29, 0.717) is 6.04 Å². The molecule has 0 spiro atoms. The lowest BCUT2D eigenvalue weighted by Crippen LogP contribution is -2.56. The summed E-state index contributed by atoms with van der Waals surface area (Å²) in [6.07, 6.45) is 4.03. The van der Waals surface area contributed by atoms with E-state index in [1.54, 1.807) is 7.11 Å². The third-order valence-corrected chi connectivity index (χ3v) is 3.84. The number of ether oxygens (including phenoxy) is 1. The van der Waals surface area contributed by atoms with Crippen LogP contribution >= 0.6 is 0 Å². The number of rotatable bonds is 8. The van der Waals surface area contributed by atoms with E-state index in [1.807, 2.05) is 0 Å². The molecule has 1 rings (SSSR count). The van der Waals surface area contributed by atoms with E-state index in [4.69, 9.17) is 10.5 Å². The third kappa shape index (κ3) is 3.44. The Morgan fingerprint density at radius 1 is 1.50 bits per heavy atom. The first kappa shape index (κ1) is 13.9. The van der Waals surface area contributed by atoms with Crippen molar-refractivity contribution in [2.24, 2.45) is 11.7 Å². The smallest absolute Gasteiger partial charge is 0.0615 e. The molecular formula is C13H28N2O. The van der Waals surface area contributed by atoms with Crippen molar-refractivity contribution in [3.8, 4) is 0 Å². The van der Waals surface area contributed by atoms with Crippen LogP contribution in [0.5, 0.6) is 0 Å². The molecule has 1 aliphatic rings. The van der Waals surface area contributed by atoms with E-state index in [1.165, 1.54) is 19.3 Å². The summed E-state index contributed by atoms with van der Waals surface area (Å²) in [7, 11) is 1.77. The molecule has 0 saturated heterocycles. The number of likely N-dealkylation sites (N-methyl/N-ethyl adjacent to an activating group) is 1. The maximum absolute atomic E-state index is 6.01.